The predicted octanol–water partition coefficient (Wildman–Crippen LogP) is 3.69. The van der Waals surface area contributed by atoms with Crippen molar-refractivity contribution in [2.45, 2.75) is 26.9 Å². The molecule has 0 saturated heterocycles. The van der Waals surface area contributed by atoms with E-state index < -0.39 is 23.8 Å². The molecule has 1 aromatic carbocycles. The van der Waals surface area contributed by atoms with Crippen LogP contribution in [0.15, 0.2) is 30.3 Å². The molecule has 6 heteroatoms. The standard InChI is InChI=1S/C16H16FNO3S/c1-9-7-14(11(3)22-9)16(20)21-10(2)15(19)18-13-6-4-5-12(17)8-13/h4-8,10H,1-3H3,(H,18,19)/t10-/m1/s1. The highest BCUT2D eigenvalue weighted by atomic mass is 32.1. The van der Waals surface area contributed by atoms with Crippen molar-refractivity contribution in [3.8, 4) is 0 Å². The Morgan fingerprint density at radius 1 is 1.27 bits per heavy atom. The Morgan fingerprint density at radius 3 is 2.59 bits per heavy atom. The number of halogens is 1. The van der Waals surface area contributed by atoms with Crippen molar-refractivity contribution in [3.63, 3.8) is 0 Å². The van der Waals surface area contributed by atoms with Crippen LogP contribution in [0.3, 0.4) is 0 Å². The maximum Gasteiger partial charge on any atom is 0.340 e. The van der Waals surface area contributed by atoms with Gasteiger partial charge in [0, 0.05) is 15.4 Å². The lowest BCUT2D eigenvalue weighted by molar-refractivity contribution is -0.123. The number of esters is 1. The van der Waals surface area contributed by atoms with Crippen LogP contribution < -0.4 is 5.32 Å². The first kappa shape index (κ1) is 16.2. The number of rotatable bonds is 4. The van der Waals surface area contributed by atoms with E-state index in [9.17, 15) is 14.0 Å². The number of nitrogens with one attached hydrogen (secondary N) is 1. The normalized spacial score (nSPS) is 11.8. The second kappa shape index (κ2) is 6.70. The fraction of sp³-hybridized carbons (Fsp3) is 0.250. The Kier molecular flexibility index (Phi) is 4.92. The fourth-order valence-corrected chi connectivity index (χ4v) is 2.83. The third kappa shape index (κ3) is 3.92. The lowest BCUT2D eigenvalue weighted by atomic mass is 10.2. The zero-order chi connectivity index (χ0) is 16.3. The molecule has 116 valence electrons. The van der Waals surface area contributed by atoms with E-state index in [0.29, 0.717) is 11.3 Å². The van der Waals surface area contributed by atoms with Gasteiger partial charge in [0.25, 0.3) is 5.91 Å². The Balaban J connectivity index is 1.99. The number of anilines is 1. The SMILES string of the molecule is Cc1cc(C(=O)O[C@H](C)C(=O)Nc2cccc(F)c2)c(C)s1. The fourth-order valence-electron chi connectivity index (χ4n) is 1.92. The highest BCUT2D eigenvalue weighted by molar-refractivity contribution is 7.12. The molecule has 1 N–H and O–H groups in total. The van der Waals surface area contributed by atoms with Gasteiger partial charge in [-0.1, -0.05) is 6.07 Å². The molecule has 1 amide bonds. The van der Waals surface area contributed by atoms with Crippen molar-refractivity contribution < 1.29 is 18.7 Å². The van der Waals surface area contributed by atoms with Crippen molar-refractivity contribution in [1.29, 1.82) is 0 Å². The number of hydrogen-bond acceptors (Lipinski definition) is 4. The van der Waals surface area contributed by atoms with E-state index in [2.05, 4.69) is 5.32 Å². The minimum Gasteiger partial charge on any atom is -0.449 e. The van der Waals surface area contributed by atoms with Gasteiger partial charge in [0.05, 0.1) is 5.56 Å². The maximum atomic E-state index is 13.1. The van der Waals surface area contributed by atoms with Gasteiger partial charge in [-0.05, 0) is 45.0 Å². The Morgan fingerprint density at radius 2 is 2.00 bits per heavy atom. The van der Waals surface area contributed by atoms with E-state index in [4.69, 9.17) is 4.74 Å². The molecule has 2 aromatic rings. The molecule has 0 unspecified atom stereocenters. The number of carbonyl (C=O) groups is 2. The summed E-state index contributed by atoms with van der Waals surface area (Å²) < 4.78 is 18.2. The van der Waals surface area contributed by atoms with Gasteiger partial charge in [0.1, 0.15) is 5.82 Å². The summed E-state index contributed by atoms with van der Waals surface area (Å²) in [5.74, 6) is -1.50. The van der Waals surface area contributed by atoms with Gasteiger partial charge in [-0.2, -0.15) is 0 Å². The van der Waals surface area contributed by atoms with Crippen LogP contribution >= 0.6 is 11.3 Å². The Bertz CT molecular complexity index is 711. The lowest BCUT2D eigenvalue weighted by Gasteiger charge is -2.13. The highest BCUT2D eigenvalue weighted by Gasteiger charge is 2.21. The topological polar surface area (TPSA) is 55.4 Å². The maximum absolute atomic E-state index is 13.1. The molecule has 22 heavy (non-hydrogen) atoms. The highest BCUT2D eigenvalue weighted by Crippen LogP contribution is 2.21. The quantitative estimate of drug-likeness (QED) is 0.874. The molecule has 0 aliphatic heterocycles. The average molecular weight is 321 g/mol. The monoisotopic (exact) mass is 321 g/mol. The van der Waals surface area contributed by atoms with Gasteiger partial charge in [-0.3, -0.25) is 4.79 Å². The van der Waals surface area contributed by atoms with Crippen molar-refractivity contribution in [2.24, 2.45) is 0 Å². The van der Waals surface area contributed by atoms with E-state index in [0.717, 1.165) is 9.75 Å². The van der Waals surface area contributed by atoms with Gasteiger partial charge < -0.3 is 10.1 Å². The summed E-state index contributed by atoms with van der Waals surface area (Å²) in [6, 6.07) is 7.25. The third-order valence-electron chi connectivity index (χ3n) is 3.01. The van der Waals surface area contributed by atoms with Crippen LogP contribution in [-0.2, 0) is 9.53 Å². The Hall–Kier alpha value is -2.21. The van der Waals surface area contributed by atoms with Gasteiger partial charge in [-0.15, -0.1) is 11.3 Å². The number of carbonyl (C=O) groups excluding carboxylic acids is 2. The van der Waals surface area contributed by atoms with Crippen molar-refractivity contribution in [2.75, 3.05) is 5.32 Å². The van der Waals surface area contributed by atoms with Crippen LogP contribution in [0.2, 0.25) is 0 Å². The second-order valence-corrected chi connectivity index (χ2v) is 6.33. The van der Waals surface area contributed by atoms with E-state index in [-0.39, 0.29) is 0 Å². The van der Waals surface area contributed by atoms with Crippen LogP contribution in [0.5, 0.6) is 0 Å². The number of benzene rings is 1. The smallest absolute Gasteiger partial charge is 0.340 e. The van der Waals surface area contributed by atoms with Crippen LogP contribution in [0.25, 0.3) is 0 Å². The first-order valence-electron chi connectivity index (χ1n) is 6.71. The summed E-state index contributed by atoms with van der Waals surface area (Å²) in [6.07, 6.45) is -0.977. The number of aryl methyl sites for hydroxylation is 2. The number of ether oxygens (including phenoxy) is 1. The van der Waals surface area contributed by atoms with Crippen molar-refractivity contribution in [1.82, 2.24) is 0 Å². The molecule has 1 aromatic heterocycles. The molecule has 1 heterocycles. The summed E-state index contributed by atoms with van der Waals surface area (Å²) in [7, 11) is 0. The average Bonchev–Trinajstić information content (AvgIpc) is 2.77. The lowest BCUT2D eigenvalue weighted by Crippen LogP contribution is -2.30. The van der Waals surface area contributed by atoms with E-state index in [1.54, 1.807) is 12.1 Å². The summed E-state index contributed by atoms with van der Waals surface area (Å²) >= 11 is 1.49. The number of thiophene rings is 1. The first-order valence-corrected chi connectivity index (χ1v) is 7.53. The summed E-state index contributed by atoms with van der Waals surface area (Å²) in [6.45, 7) is 5.20. The molecule has 4 nitrogen and oxygen atoms in total. The van der Waals surface area contributed by atoms with Crippen LogP contribution in [0, 0.1) is 19.7 Å². The van der Waals surface area contributed by atoms with Gasteiger partial charge in [0.15, 0.2) is 6.10 Å². The molecule has 0 bridgehead atoms. The molecule has 0 aliphatic rings. The number of amides is 1. The molecule has 0 fully saturated rings. The van der Waals surface area contributed by atoms with Gasteiger partial charge in [0.2, 0.25) is 0 Å². The predicted molar refractivity (Wildman–Crippen MR) is 83.7 cm³/mol. The molecule has 0 radical (unpaired) electrons. The molecular formula is C16H16FNO3S. The van der Waals surface area contributed by atoms with E-state index >= 15 is 0 Å². The van der Waals surface area contributed by atoms with E-state index in [1.807, 2.05) is 13.8 Å². The van der Waals surface area contributed by atoms with Crippen LogP contribution in [0.1, 0.15) is 27.0 Å². The summed E-state index contributed by atoms with van der Waals surface area (Å²) in [5.41, 5.74) is 0.781. The third-order valence-corrected chi connectivity index (χ3v) is 3.97. The summed E-state index contributed by atoms with van der Waals surface area (Å²) in [5, 5.41) is 2.51. The molecule has 0 saturated carbocycles. The van der Waals surface area contributed by atoms with Gasteiger partial charge >= 0.3 is 5.97 Å². The number of hydrogen-bond donors (Lipinski definition) is 1. The van der Waals surface area contributed by atoms with Crippen LogP contribution in [-0.4, -0.2) is 18.0 Å². The minimum atomic E-state index is -0.977. The minimum absolute atomic E-state index is 0.315. The largest absolute Gasteiger partial charge is 0.449 e. The van der Waals surface area contributed by atoms with Crippen molar-refractivity contribution >= 4 is 28.9 Å². The molecule has 2 rings (SSSR count). The van der Waals surface area contributed by atoms with Crippen molar-refractivity contribution in [3.05, 3.63) is 51.5 Å². The second-order valence-electron chi connectivity index (χ2n) is 4.87. The molecule has 0 spiro atoms. The molecule has 0 aliphatic carbocycles. The van der Waals surface area contributed by atoms with Gasteiger partial charge in [-0.25, -0.2) is 9.18 Å². The molecular weight excluding hydrogens is 305 g/mol. The zero-order valence-electron chi connectivity index (χ0n) is 12.5. The zero-order valence-corrected chi connectivity index (χ0v) is 13.3. The van der Waals surface area contributed by atoms with Crippen LogP contribution in [0.4, 0.5) is 10.1 Å². The first-order chi connectivity index (χ1) is 10.4. The van der Waals surface area contributed by atoms with E-state index in [1.165, 1.54) is 36.5 Å². The molecule has 1 atom stereocenters. The Labute approximate surface area is 131 Å². The summed E-state index contributed by atoms with van der Waals surface area (Å²) in [4.78, 5) is 25.9.